The van der Waals surface area contributed by atoms with E-state index in [1.807, 2.05) is 17.5 Å². The van der Waals surface area contributed by atoms with Crippen LogP contribution in [0.5, 0.6) is 11.5 Å². The minimum Gasteiger partial charge on any atom is -0.493 e. The van der Waals surface area contributed by atoms with Crippen molar-refractivity contribution in [2.75, 3.05) is 27.4 Å². The van der Waals surface area contributed by atoms with Crippen LogP contribution < -0.4 is 14.8 Å². The predicted octanol–water partition coefficient (Wildman–Crippen LogP) is 3.23. The van der Waals surface area contributed by atoms with Gasteiger partial charge in [0.25, 0.3) is 0 Å². The van der Waals surface area contributed by atoms with Crippen molar-refractivity contribution in [1.29, 1.82) is 0 Å². The Morgan fingerprint density at radius 1 is 1.15 bits per heavy atom. The molecule has 0 spiro atoms. The van der Waals surface area contributed by atoms with Gasteiger partial charge in [-0.25, -0.2) is 0 Å². The van der Waals surface area contributed by atoms with Crippen LogP contribution in [0.1, 0.15) is 49.4 Å². The van der Waals surface area contributed by atoms with E-state index < -0.39 is 6.04 Å². The molecule has 11 nitrogen and oxygen atoms in total. The first-order valence-electron chi connectivity index (χ1n) is 13.3. The summed E-state index contributed by atoms with van der Waals surface area (Å²) in [6.07, 6.45) is 5.79. The molecule has 2 aliphatic rings. The number of hydrogen-bond donors (Lipinski definition) is 1. The molecule has 3 aromatic rings. The summed E-state index contributed by atoms with van der Waals surface area (Å²) in [6.45, 7) is 0.812. The van der Waals surface area contributed by atoms with E-state index in [4.69, 9.17) is 14.2 Å². The van der Waals surface area contributed by atoms with Crippen LogP contribution in [0.4, 0.5) is 0 Å². The molecule has 39 heavy (non-hydrogen) atoms. The molecular formula is C27H34N6O5S. The highest BCUT2D eigenvalue weighted by atomic mass is 32.1. The zero-order valence-electron chi connectivity index (χ0n) is 22.2. The van der Waals surface area contributed by atoms with Gasteiger partial charge in [0.2, 0.25) is 17.6 Å². The number of nitrogens with zero attached hydrogens (tertiary/aromatic N) is 5. The molecule has 0 bridgehead atoms. The molecule has 1 aromatic carbocycles. The molecule has 2 amide bonds. The first-order chi connectivity index (χ1) is 19.1. The fraction of sp³-hybridized carbons (Fsp3) is 0.519. The average molecular weight is 555 g/mol. The number of thiophene rings is 1. The van der Waals surface area contributed by atoms with Gasteiger partial charge in [-0.05, 0) is 60.5 Å². The number of hydrogen-bond acceptors (Lipinski definition) is 9. The van der Waals surface area contributed by atoms with Crippen LogP contribution in [0, 0.1) is 0 Å². The van der Waals surface area contributed by atoms with Crippen LogP contribution in [-0.2, 0) is 20.9 Å². The third-order valence-corrected chi connectivity index (χ3v) is 8.11. The first-order valence-corrected chi connectivity index (χ1v) is 14.2. The highest BCUT2D eigenvalue weighted by Crippen LogP contribution is 2.31. The molecule has 0 radical (unpaired) electrons. The summed E-state index contributed by atoms with van der Waals surface area (Å²) in [5.41, 5.74) is 0.676. The minimum atomic E-state index is -0.754. The molecule has 2 atom stereocenters. The van der Waals surface area contributed by atoms with Gasteiger partial charge < -0.3 is 24.4 Å². The van der Waals surface area contributed by atoms with Crippen molar-refractivity contribution in [2.24, 2.45) is 0 Å². The fourth-order valence-electron chi connectivity index (χ4n) is 5.19. The zero-order valence-corrected chi connectivity index (χ0v) is 23.1. The van der Waals surface area contributed by atoms with Gasteiger partial charge >= 0.3 is 0 Å². The number of nitrogens with one attached hydrogen (secondary N) is 1. The molecule has 1 aliphatic heterocycles. The van der Waals surface area contributed by atoms with Crippen molar-refractivity contribution in [3.8, 4) is 22.9 Å². The second-order valence-electron chi connectivity index (χ2n) is 9.80. The van der Waals surface area contributed by atoms with Crippen molar-refractivity contribution in [1.82, 2.24) is 30.4 Å². The second kappa shape index (κ2) is 12.6. The van der Waals surface area contributed by atoms with E-state index in [-0.39, 0.29) is 30.5 Å². The lowest BCUT2D eigenvalue weighted by atomic mass is 10.1. The summed E-state index contributed by atoms with van der Waals surface area (Å²) >= 11 is 1.47. The maximum atomic E-state index is 13.8. The zero-order chi connectivity index (χ0) is 27.2. The van der Waals surface area contributed by atoms with Crippen LogP contribution in [0.3, 0.4) is 0 Å². The number of methoxy groups -OCH3 is 2. The number of carbonyl (C=O) groups excluding carboxylic acids is 2. The van der Waals surface area contributed by atoms with Gasteiger partial charge in [-0.1, -0.05) is 18.9 Å². The number of benzene rings is 1. The molecule has 2 aromatic heterocycles. The largest absolute Gasteiger partial charge is 0.493 e. The van der Waals surface area contributed by atoms with Crippen LogP contribution in [0.15, 0.2) is 35.7 Å². The Labute approximate surface area is 231 Å². The lowest BCUT2D eigenvalue weighted by molar-refractivity contribution is -0.143. The Bertz CT molecular complexity index is 1250. The summed E-state index contributed by atoms with van der Waals surface area (Å²) < 4.78 is 16.6. The SMILES string of the molecule is COc1ccc(-c2nnn(CC(=O)N(C[C@H]3CCCO3)[C@@H](C(=O)NC3CCCC3)c3cccs3)n2)cc1OC. The van der Waals surface area contributed by atoms with Crippen molar-refractivity contribution >= 4 is 23.2 Å². The molecule has 2 fully saturated rings. The van der Waals surface area contributed by atoms with Crippen molar-refractivity contribution in [3.05, 3.63) is 40.6 Å². The molecule has 0 unspecified atom stereocenters. The van der Waals surface area contributed by atoms with Crippen molar-refractivity contribution < 1.29 is 23.8 Å². The van der Waals surface area contributed by atoms with Crippen LogP contribution >= 0.6 is 11.3 Å². The van der Waals surface area contributed by atoms with Gasteiger partial charge in [-0.15, -0.1) is 21.5 Å². The van der Waals surface area contributed by atoms with E-state index in [0.29, 0.717) is 36.0 Å². The van der Waals surface area contributed by atoms with E-state index in [1.54, 1.807) is 37.3 Å². The third-order valence-electron chi connectivity index (χ3n) is 7.19. The van der Waals surface area contributed by atoms with E-state index in [0.717, 1.165) is 43.4 Å². The summed E-state index contributed by atoms with van der Waals surface area (Å²) in [5, 5.41) is 17.8. The second-order valence-corrected chi connectivity index (χ2v) is 10.8. The van der Waals surface area contributed by atoms with Crippen LogP contribution in [-0.4, -0.2) is 76.4 Å². The standard InChI is InChI=1S/C27H34N6O5S/c1-36-21-12-11-18(15-22(21)37-2)26-29-31-33(30-26)17-24(34)32(16-20-9-5-13-38-20)25(23-10-6-14-39-23)27(35)28-19-7-3-4-8-19/h6,10-12,14-15,19-20,25H,3-5,7-9,13,16-17H2,1-2H3,(H,28,35)/t20-,25-/m1/s1. The smallest absolute Gasteiger partial charge is 0.248 e. The monoisotopic (exact) mass is 554 g/mol. The van der Waals surface area contributed by atoms with Crippen molar-refractivity contribution in [3.63, 3.8) is 0 Å². The van der Waals surface area contributed by atoms with Gasteiger partial charge in [0.1, 0.15) is 12.6 Å². The fourth-order valence-corrected chi connectivity index (χ4v) is 6.03. The minimum absolute atomic E-state index is 0.123. The Balaban J connectivity index is 1.38. The van der Waals surface area contributed by atoms with E-state index >= 15 is 0 Å². The summed E-state index contributed by atoms with van der Waals surface area (Å²) in [7, 11) is 3.12. The molecule has 1 saturated carbocycles. The molecular weight excluding hydrogens is 520 g/mol. The Morgan fingerprint density at radius 2 is 1.97 bits per heavy atom. The van der Waals surface area contributed by atoms with E-state index in [1.165, 1.54) is 16.1 Å². The molecule has 1 aliphatic carbocycles. The molecule has 1 N–H and O–H groups in total. The normalized spacial score (nSPS) is 18.2. The molecule has 1 saturated heterocycles. The quantitative estimate of drug-likeness (QED) is 0.384. The molecule has 12 heteroatoms. The summed E-state index contributed by atoms with van der Waals surface area (Å²) in [5.74, 6) is 1.04. The van der Waals surface area contributed by atoms with Crippen LogP contribution in [0.2, 0.25) is 0 Å². The summed E-state index contributed by atoms with van der Waals surface area (Å²) in [6, 6.07) is 8.51. The molecule has 3 heterocycles. The number of tetrazole rings is 1. The molecule has 5 rings (SSSR count). The average Bonchev–Trinajstić information content (AvgIpc) is 3.77. The Hall–Kier alpha value is -3.51. The van der Waals surface area contributed by atoms with Gasteiger partial charge in [0.05, 0.1) is 20.3 Å². The highest BCUT2D eigenvalue weighted by molar-refractivity contribution is 7.10. The number of aromatic nitrogens is 4. The predicted molar refractivity (Wildman–Crippen MR) is 145 cm³/mol. The van der Waals surface area contributed by atoms with E-state index in [2.05, 4.69) is 20.7 Å². The number of rotatable bonds is 11. The maximum Gasteiger partial charge on any atom is 0.248 e. The Morgan fingerprint density at radius 3 is 2.67 bits per heavy atom. The van der Waals surface area contributed by atoms with E-state index in [9.17, 15) is 9.59 Å². The lowest BCUT2D eigenvalue weighted by Crippen LogP contribution is -2.49. The molecule has 208 valence electrons. The third kappa shape index (κ3) is 6.39. The number of ether oxygens (including phenoxy) is 3. The summed E-state index contributed by atoms with van der Waals surface area (Å²) in [4.78, 5) is 31.2. The highest BCUT2D eigenvalue weighted by Gasteiger charge is 2.36. The number of carbonyl (C=O) groups is 2. The van der Waals surface area contributed by atoms with Gasteiger partial charge in [0.15, 0.2) is 11.5 Å². The topological polar surface area (TPSA) is 121 Å². The van der Waals surface area contributed by atoms with Gasteiger partial charge in [-0.3, -0.25) is 9.59 Å². The first kappa shape index (κ1) is 27.1. The lowest BCUT2D eigenvalue weighted by Gasteiger charge is -2.32. The van der Waals surface area contributed by atoms with Gasteiger partial charge in [-0.2, -0.15) is 4.80 Å². The van der Waals surface area contributed by atoms with Crippen molar-refractivity contribution in [2.45, 2.75) is 63.3 Å². The van der Waals surface area contributed by atoms with Crippen LogP contribution in [0.25, 0.3) is 11.4 Å². The number of amides is 2. The van der Waals surface area contributed by atoms with Gasteiger partial charge in [0, 0.05) is 29.6 Å². The maximum absolute atomic E-state index is 13.8. The Kier molecular flexibility index (Phi) is 8.72.